The van der Waals surface area contributed by atoms with Crippen LogP contribution in [0, 0.1) is 10.1 Å². The molecule has 204 valence electrons. The summed E-state index contributed by atoms with van der Waals surface area (Å²) in [5.74, 6) is -7.58. The second-order valence-electron chi connectivity index (χ2n) is 6.74. The van der Waals surface area contributed by atoms with Gasteiger partial charge in [0.1, 0.15) is 5.69 Å². The van der Waals surface area contributed by atoms with Crippen LogP contribution in [0.1, 0.15) is 0 Å². The Labute approximate surface area is 206 Å². The average Bonchev–Trinajstić information content (AvgIpc) is 2.76. The third-order valence-corrected chi connectivity index (χ3v) is 6.34. The van der Waals surface area contributed by atoms with Gasteiger partial charge < -0.3 is 10.6 Å². The maximum Gasteiger partial charge on any atom is 0.475 e. The molecule has 2 aromatic carbocycles. The molecule has 19 heteroatoms. The van der Waals surface area contributed by atoms with E-state index in [9.17, 15) is 63.0 Å². The SMILES string of the molecule is O=C(CNc1ccc(S(=O)C(F)(F)F)cc1[N+](=O)[O-])Nc1ccccc1SC(F)(F)C(F)(F)C(F)(F)F. The van der Waals surface area contributed by atoms with E-state index in [1.54, 1.807) is 0 Å². The van der Waals surface area contributed by atoms with E-state index in [4.69, 9.17) is 0 Å². The number of benzene rings is 2. The highest BCUT2D eigenvalue weighted by Crippen LogP contribution is 2.54. The number of carbonyl (C=O) groups is 1. The van der Waals surface area contributed by atoms with Crippen LogP contribution >= 0.6 is 11.8 Å². The number of hydrogen-bond donors (Lipinski definition) is 2. The molecule has 1 atom stereocenters. The molecule has 0 aliphatic rings. The number of amides is 1. The van der Waals surface area contributed by atoms with Gasteiger partial charge in [-0.05, 0) is 36.0 Å². The number of alkyl halides is 10. The normalized spacial score (nSPS) is 13.7. The minimum atomic E-state index is -6.58. The van der Waals surface area contributed by atoms with Gasteiger partial charge in [0.15, 0.2) is 10.8 Å². The summed E-state index contributed by atoms with van der Waals surface area (Å²) in [5, 5.41) is 9.62. The number of halogens is 10. The number of anilines is 2. The molecule has 0 aliphatic carbocycles. The van der Waals surface area contributed by atoms with Crippen molar-refractivity contribution in [3.8, 4) is 0 Å². The molecule has 0 saturated heterocycles. The third kappa shape index (κ3) is 7.02. The van der Waals surface area contributed by atoms with E-state index in [1.807, 2.05) is 5.32 Å². The van der Waals surface area contributed by atoms with Crippen molar-refractivity contribution >= 4 is 45.5 Å². The van der Waals surface area contributed by atoms with Crippen LogP contribution in [0.5, 0.6) is 0 Å². The smallest absolute Gasteiger partial charge is 0.371 e. The van der Waals surface area contributed by atoms with Crippen LogP contribution in [0.15, 0.2) is 52.3 Å². The van der Waals surface area contributed by atoms with Crippen molar-refractivity contribution in [1.29, 1.82) is 0 Å². The molecule has 2 aromatic rings. The van der Waals surface area contributed by atoms with Crippen LogP contribution in [0.3, 0.4) is 0 Å². The van der Waals surface area contributed by atoms with Crippen LogP contribution in [-0.4, -0.2) is 44.4 Å². The molecule has 2 N–H and O–H groups in total. The summed E-state index contributed by atoms with van der Waals surface area (Å²) in [7, 11) is -3.60. The van der Waals surface area contributed by atoms with Crippen molar-refractivity contribution in [2.75, 3.05) is 17.2 Å². The first-order chi connectivity index (χ1) is 16.8. The zero-order chi connectivity index (χ0) is 28.4. The Morgan fingerprint density at radius 2 is 1.54 bits per heavy atom. The number of rotatable bonds is 9. The van der Waals surface area contributed by atoms with E-state index in [0.29, 0.717) is 18.2 Å². The van der Waals surface area contributed by atoms with Gasteiger partial charge in [-0.15, -0.1) is 0 Å². The fourth-order valence-corrected chi connectivity index (χ4v) is 4.03. The first-order valence-electron chi connectivity index (χ1n) is 9.19. The molecule has 7 nitrogen and oxygen atoms in total. The van der Waals surface area contributed by atoms with Crippen molar-refractivity contribution in [1.82, 2.24) is 0 Å². The van der Waals surface area contributed by atoms with Crippen molar-refractivity contribution in [2.45, 2.75) is 32.7 Å². The summed E-state index contributed by atoms with van der Waals surface area (Å²) < 4.78 is 140. The molecule has 0 radical (unpaired) electrons. The van der Waals surface area contributed by atoms with Crippen molar-refractivity contribution in [3.05, 3.63) is 52.6 Å². The quantitative estimate of drug-likeness (QED) is 0.158. The van der Waals surface area contributed by atoms with Crippen LogP contribution in [0.2, 0.25) is 0 Å². The van der Waals surface area contributed by atoms with Crippen LogP contribution < -0.4 is 10.6 Å². The van der Waals surface area contributed by atoms with Crippen molar-refractivity contribution in [3.63, 3.8) is 0 Å². The van der Waals surface area contributed by atoms with Gasteiger partial charge in [-0.3, -0.25) is 14.9 Å². The summed E-state index contributed by atoms with van der Waals surface area (Å²) in [4.78, 5) is 20.4. The van der Waals surface area contributed by atoms with Gasteiger partial charge in [-0.2, -0.15) is 43.9 Å². The van der Waals surface area contributed by atoms with E-state index < -0.39 is 89.7 Å². The first kappa shape index (κ1) is 30.1. The van der Waals surface area contributed by atoms with E-state index in [-0.39, 0.29) is 0 Å². The highest BCUT2D eigenvalue weighted by molar-refractivity contribution is 8.00. The number of nitrogens with zero attached hydrogens (tertiary/aromatic N) is 1. The second kappa shape index (κ2) is 10.7. The third-order valence-electron chi connectivity index (χ3n) is 4.15. The molecule has 0 spiro atoms. The Morgan fingerprint density at radius 3 is 2.08 bits per heavy atom. The highest BCUT2D eigenvalue weighted by atomic mass is 32.2. The average molecular weight is 587 g/mol. The Bertz CT molecular complexity index is 1210. The fourth-order valence-electron chi connectivity index (χ4n) is 2.46. The Hall–Kier alpha value is -3.09. The Kier molecular flexibility index (Phi) is 8.73. The predicted molar refractivity (Wildman–Crippen MR) is 111 cm³/mol. The highest BCUT2D eigenvalue weighted by Gasteiger charge is 2.73. The largest absolute Gasteiger partial charge is 0.475 e. The zero-order valence-electron chi connectivity index (χ0n) is 17.4. The second-order valence-corrected chi connectivity index (χ2v) is 9.37. The maximum absolute atomic E-state index is 13.8. The van der Waals surface area contributed by atoms with Crippen LogP contribution in [0.4, 0.5) is 61.0 Å². The molecule has 0 heterocycles. The van der Waals surface area contributed by atoms with Gasteiger partial charge in [-0.25, -0.2) is 4.21 Å². The lowest BCUT2D eigenvalue weighted by molar-refractivity contribution is -0.384. The molecule has 0 aliphatic heterocycles. The van der Waals surface area contributed by atoms with Gasteiger partial charge in [-0.1, -0.05) is 12.1 Å². The number of hydrogen-bond acceptors (Lipinski definition) is 6. The molecular formula is C18H11F10N3O4S2. The Morgan fingerprint density at radius 1 is 0.946 bits per heavy atom. The topological polar surface area (TPSA) is 101 Å². The molecule has 1 amide bonds. The number of para-hydroxylation sites is 1. The molecule has 0 bridgehead atoms. The molecule has 1 unspecified atom stereocenters. The molecular weight excluding hydrogens is 576 g/mol. The number of thioether (sulfide) groups is 1. The van der Waals surface area contributed by atoms with E-state index in [1.165, 1.54) is 0 Å². The van der Waals surface area contributed by atoms with E-state index in [0.717, 1.165) is 24.3 Å². The van der Waals surface area contributed by atoms with Crippen molar-refractivity contribution in [2.24, 2.45) is 0 Å². The van der Waals surface area contributed by atoms with Crippen molar-refractivity contribution < 1.29 is 57.8 Å². The number of nitrogens with one attached hydrogen (secondary N) is 2. The molecule has 37 heavy (non-hydrogen) atoms. The summed E-state index contributed by atoms with van der Waals surface area (Å²) >= 11 is -1.17. The fraction of sp³-hybridized carbons (Fsp3) is 0.278. The summed E-state index contributed by atoms with van der Waals surface area (Å²) in [6.45, 7) is -0.892. The number of nitro groups is 1. The Balaban J connectivity index is 2.20. The minimum absolute atomic E-state index is 0.346. The lowest BCUT2D eigenvalue weighted by Gasteiger charge is -2.28. The summed E-state index contributed by atoms with van der Waals surface area (Å²) in [6, 6.07) is 5.44. The molecule has 0 saturated carbocycles. The lowest BCUT2D eigenvalue weighted by atomic mass is 10.2. The predicted octanol–water partition coefficient (Wildman–Crippen LogP) is 6.16. The van der Waals surface area contributed by atoms with E-state index in [2.05, 4.69) is 5.32 Å². The number of nitro benzene ring substituents is 1. The zero-order valence-corrected chi connectivity index (χ0v) is 19.1. The van der Waals surface area contributed by atoms with Crippen LogP contribution in [-0.2, 0) is 15.6 Å². The van der Waals surface area contributed by atoms with Gasteiger partial charge in [0, 0.05) is 11.0 Å². The van der Waals surface area contributed by atoms with Gasteiger partial charge in [0.05, 0.1) is 22.1 Å². The maximum atomic E-state index is 13.8. The van der Waals surface area contributed by atoms with Gasteiger partial charge in [0.2, 0.25) is 5.91 Å². The molecule has 0 fully saturated rings. The molecule has 0 aromatic heterocycles. The van der Waals surface area contributed by atoms with E-state index >= 15 is 0 Å². The van der Waals surface area contributed by atoms with Crippen LogP contribution in [0.25, 0.3) is 0 Å². The minimum Gasteiger partial charge on any atom is -0.371 e. The summed E-state index contributed by atoms with van der Waals surface area (Å²) in [5.41, 5.74) is -7.34. The van der Waals surface area contributed by atoms with Gasteiger partial charge >= 0.3 is 22.9 Å². The standard InChI is InChI=1S/C18H11F10N3O4S2/c19-15(20,16(21,22)23)17(24,25)36-13-4-2-1-3-11(13)30-14(32)8-29-10-6-5-9(7-12(10)31(33)34)37(35)18(26,27)28/h1-7,29H,8H2,(H,30,32). The summed E-state index contributed by atoms with van der Waals surface area (Å²) in [6.07, 6.45) is -6.58. The monoisotopic (exact) mass is 587 g/mol. The van der Waals surface area contributed by atoms with Gasteiger partial charge in [0.25, 0.3) is 5.69 Å². The lowest BCUT2D eigenvalue weighted by Crippen LogP contribution is -2.49. The molecule has 2 rings (SSSR count). The number of carbonyl (C=O) groups excluding carboxylic acids is 1. The first-order valence-corrected chi connectivity index (χ1v) is 11.2.